The third-order valence-corrected chi connectivity index (χ3v) is 6.31. The normalized spacial score (nSPS) is 18.0. The Morgan fingerprint density at radius 1 is 1.28 bits per heavy atom. The van der Waals surface area contributed by atoms with Gasteiger partial charge in [0.05, 0.1) is 36.9 Å². The van der Waals surface area contributed by atoms with Gasteiger partial charge in [-0.25, -0.2) is 23.4 Å². The summed E-state index contributed by atoms with van der Waals surface area (Å²) in [5, 5.41) is 7.44. The summed E-state index contributed by atoms with van der Waals surface area (Å²) in [6.07, 6.45) is 1.12. The smallest absolute Gasteiger partial charge is 0.326 e. The summed E-state index contributed by atoms with van der Waals surface area (Å²) >= 11 is 0. The van der Waals surface area contributed by atoms with E-state index in [0.29, 0.717) is 11.2 Å². The predicted molar refractivity (Wildman–Crippen MR) is 121 cm³/mol. The van der Waals surface area contributed by atoms with Crippen molar-refractivity contribution in [3.63, 3.8) is 0 Å². The summed E-state index contributed by atoms with van der Waals surface area (Å²) in [5.74, 6) is -2.15. The number of anilines is 1. The van der Waals surface area contributed by atoms with Crippen LogP contribution in [0, 0.1) is 11.6 Å². The second-order valence-electron chi connectivity index (χ2n) is 8.38. The number of esters is 1. The van der Waals surface area contributed by atoms with E-state index in [1.165, 1.54) is 16.8 Å². The van der Waals surface area contributed by atoms with Gasteiger partial charge in [0.25, 0.3) is 0 Å². The average molecular weight is 492 g/mol. The number of fused-ring (bicyclic) bond motifs is 1. The molecule has 0 saturated heterocycles. The van der Waals surface area contributed by atoms with Gasteiger partial charge in [0, 0.05) is 12.0 Å². The molecule has 10 nitrogen and oxygen atoms in total. The number of carbonyl (C=O) groups excluding carboxylic acids is 2. The fraction of sp³-hybridized carbons (Fsp3) is 0.250. The molecule has 1 amide bonds. The quantitative estimate of drug-likeness (QED) is 0.334. The van der Waals surface area contributed by atoms with Crippen LogP contribution in [0.1, 0.15) is 24.5 Å². The lowest BCUT2D eigenvalue weighted by molar-refractivity contribution is -0.154. The second kappa shape index (κ2) is 8.04. The summed E-state index contributed by atoms with van der Waals surface area (Å²) in [4.78, 5) is 38.8. The van der Waals surface area contributed by atoms with Gasteiger partial charge >= 0.3 is 5.97 Å². The SMILES string of the molecule is CCOC(=O)[C@]12CCOc3nc(-c4nn(Cc5ccccc5F)c5ncc(F)cc45)nc(c31)NC2=O. The number of rotatable bonds is 5. The fourth-order valence-electron chi connectivity index (χ4n) is 4.64. The van der Waals surface area contributed by atoms with E-state index in [-0.39, 0.29) is 60.3 Å². The van der Waals surface area contributed by atoms with Crippen LogP contribution in [0.25, 0.3) is 22.6 Å². The molecule has 182 valence electrons. The topological polar surface area (TPSA) is 121 Å². The minimum Gasteiger partial charge on any atom is -0.477 e. The van der Waals surface area contributed by atoms with Gasteiger partial charge in [-0.2, -0.15) is 10.1 Å². The number of pyridine rings is 1. The van der Waals surface area contributed by atoms with Gasteiger partial charge in [-0.3, -0.25) is 9.59 Å². The van der Waals surface area contributed by atoms with E-state index in [1.54, 1.807) is 25.1 Å². The van der Waals surface area contributed by atoms with Crippen LogP contribution in [0.15, 0.2) is 36.5 Å². The number of benzene rings is 1. The minimum absolute atomic E-state index is 0.0234. The van der Waals surface area contributed by atoms with Gasteiger partial charge < -0.3 is 14.8 Å². The molecule has 0 fully saturated rings. The lowest BCUT2D eigenvalue weighted by atomic mass is 9.78. The maximum atomic E-state index is 14.3. The molecule has 0 radical (unpaired) electrons. The van der Waals surface area contributed by atoms with Gasteiger partial charge in [-0.1, -0.05) is 18.2 Å². The molecule has 1 N–H and O–H groups in total. The number of nitrogens with one attached hydrogen (secondary N) is 1. The molecule has 0 spiro atoms. The number of ether oxygens (including phenoxy) is 2. The number of carbonyl (C=O) groups is 2. The van der Waals surface area contributed by atoms with Crippen LogP contribution in [0.3, 0.4) is 0 Å². The fourth-order valence-corrected chi connectivity index (χ4v) is 4.64. The van der Waals surface area contributed by atoms with Gasteiger partial charge in [-0.15, -0.1) is 0 Å². The summed E-state index contributed by atoms with van der Waals surface area (Å²) in [6.45, 7) is 1.83. The van der Waals surface area contributed by atoms with Crippen LogP contribution < -0.4 is 10.1 Å². The van der Waals surface area contributed by atoms with E-state index in [2.05, 4.69) is 25.4 Å². The van der Waals surface area contributed by atoms with Crippen LogP contribution in [-0.2, 0) is 26.3 Å². The summed E-state index contributed by atoms with van der Waals surface area (Å²) in [7, 11) is 0. The molecular formula is C24H18F2N6O4. The molecule has 12 heteroatoms. The highest BCUT2D eigenvalue weighted by atomic mass is 19.1. The van der Waals surface area contributed by atoms with Crippen molar-refractivity contribution < 1.29 is 27.8 Å². The van der Waals surface area contributed by atoms with Crippen molar-refractivity contribution in [1.82, 2.24) is 24.7 Å². The van der Waals surface area contributed by atoms with Gasteiger partial charge in [0.1, 0.15) is 23.1 Å². The Hall–Kier alpha value is -4.48. The number of hydrogen-bond donors (Lipinski definition) is 1. The van der Waals surface area contributed by atoms with Crippen LogP contribution >= 0.6 is 0 Å². The first-order valence-electron chi connectivity index (χ1n) is 11.2. The minimum atomic E-state index is -1.60. The Balaban J connectivity index is 1.51. The highest BCUT2D eigenvalue weighted by Crippen LogP contribution is 2.48. The molecule has 1 aromatic carbocycles. The molecule has 3 aromatic heterocycles. The van der Waals surface area contributed by atoms with E-state index in [4.69, 9.17) is 9.47 Å². The van der Waals surface area contributed by atoms with E-state index in [9.17, 15) is 18.4 Å². The van der Waals surface area contributed by atoms with Crippen molar-refractivity contribution in [3.8, 4) is 17.4 Å². The van der Waals surface area contributed by atoms with Crippen LogP contribution in [0.4, 0.5) is 14.6 Å². The third-order valence-electron chi connectivity index (χ3n) is 6.31. The lowest BCUT2D eigenvalue weighted by Crippen LogP contribution is -2.47. The van der Waals surface area contributed by atoms with Crippen molar-refractivity contribution in [2.24, 2.45) is 0 Å². The summed E-state index contributed by atoms with van der Waals surface area (Å²) in [5.41, 5.74) is -0.584. The lowest BCUT2D eigenvalue weighted by Gasteiger charge is -2.29. The number of amides is 1. The van der Waals surface area contributed by atoms with Crippen molar-refractivity contribution in [2.75, 3.05) is 18.5 Å². The molecule has 0 unspecified atom stereocenters. The number of hydrogen-bond acceptors (Lipinski definition) is 8. The molecule has 2 aliphatic rings. The summed E-state index contributed by atoms with van der Waals surface area (Å²) in [6, 6.07) is 7.45. The van der Waals surface area contributed by atoms with Crippen molar-refractivity contribution in [1.29, 1.82) is 0 Å². The van der Waals surface area contributed by atoms with E-state index in [1.807, 2.05) is 0 Å². The third kappa shape index (κ3) is 3.13. The van der Waals surface area contributed by atoms with Gasteiger partial charge in [0.15, 0.2) is 16.9 Å². The van der Waals surface area contributed by atoms with Gasteiger partial charge in [-0.05, 0) is 19.1 Å². The Morgan fingerprint density at radius 3 is 2.92 bits per heavy atom. The molecule has 6 rings (SSSR count). The van der Waals surface area contributed by atoms with Crippen molar-refractivity contribution in [2.45, 2.75) is 25.3 Å². The largest absolute Gasteiger partial charge is 0.477 e. The Bertz CT molecular complexity index is 1570. The Labute approximate surface area is 202 Å². The van der Waals surface area contributed by atoms with Crippen molar-refractivity contribution in [3.05, 3.63) is 59.3 Å². The maximum absolute atomic E-state index is 14.3. The second-order valence-corrected chi connectivity index (χ2v) is 8.38. The number of nitrogens with zero attached hydrogens (tertiary/aromatic N) is 5. The average Bonchev–Trinajstić information content (AvgIpc) is 3.36. The molecule has 4 aromatic rings. The van der Waals surface area contributed by atoms with Crippen LogP contribution in [-0.4, -0.2) is 49.8 Å². The Morgan fingerprint density at radius 2 is 2.11 bits per heavy atom. The van der Waals surface area contributed by atoms with Gasteiger partial charge in [0.2, 0.25) is 11.8 Å². The van der Waals surface area contributed by atoms with E-state index in [0.717, 1.165) is 6.20 Å². The van der Waals surface area contributed by atoms with E-state index >= 15 is 0 Å². The van der Waals surface area contributed by atoms with Crippen molar-refractivity contribution >= 4 is 28.7 Å². The molecule has 5 heterocycles. The van der Waals surface area contributed by atoms with E-state index < -0.39 is 28.9 Å². The molecule has 0 bridgehead atoms. The zero-order valence-electron chi connectivity index (χ0n) is 18.9. The monoisotopic (exact) mass is 492 g/mol. The van der Waals surface area contributed by atoms with Crippen LogP contribution in [0.5, 0.6) is 5.88 Å². The molecule has 0 aliphatic carbocycles. The molecule has 0 saturated carbocycles. The zero-order valence-corrected chi connectivity index (χ0v) is 18.9. The highest BCUT2D eigenvalue weighted by molar-refractivity contribution is 6.19. The Kier molecular flexibility index (Phi) is 4.92. The standard InChI is InChI=1S/C24H18F2N6O4/c1-2-35-23(34)24-7-8-36-21-16(24)18(30-22(24)33)28-19(29-21)17-14-9-13(25)10-27-20(14)32(31-17)11-12-5-3-4-6-15(12)26/h3-6,9-10H,2,7-8,11H2,1H3,(H,28,29,30,33)/t24-/m1/s1. The molecular weight excluding hydrogens is 474 g/mol. The maximum Gasteiger partial charge on any atom is 0.326 e. The summed E-state index contributed by atoms with van der Waals surface area (Å²) < 4.78 is 40.8. The molecule has 36 heavy (non-hydrogen) atoms. The first-order valence-corrected chi connectivity index (χ1v) is 11.2. The number of halogens is 2. The zero-order chi connectivity index (χ0) is 25.0. The van der Waals surface area contributed by atoms with Crippen LogP contribution in [0.2, 0.25) is 0 Å². The highest BCUT2D eigenvalue weighted by Gasteiger charge is 2.59. The molecule has 2 aliphatic heterocycles. The first-order chi connectivity index (χ1) is 17.4. The first kappa shape index (κ1) is 22.0. The number of aromatic nitrogens is 5. The molecule has 1 atom stereocenters. The predicted octanol–water partition coefficient (Wildman–Crippen LogP) is 2.75.